The highest BCUT2D eigenvalue weighted by molar-refractivity contribution is 7.13. The van der Waals surface area contributed by atoms with Gasteiger partial charge in [0.05, 0.1) is 37.4 Å². The molecule has 0 saturated carbocycles. The van der Waals surface area contributed by atoms with E-state index in [9.17, 15) is 14.4 Å². The molecule has 3 N–H and O–H groups in total. The van der Waals surface area contributed by atoms with Gasteiger partial charge in [-0.05, 0) is 53.6 Å². The van der Waals surface area contributed by atoms with Crippen molar-refractivity contribution in [1.29, 1.82) is 0 Å². The van der Waals surface area contributed by atoms with E-state index in [0.29, 0.717) is 10.0 Å². The highest BCUT2D eigenvalue weighted by atomic mass is 35.5. The van der Waals surface area contributed by atoms with Crippen LogP contribution < -0.4 is 21.0 Å². The summed E-state index contributed by atoms with van der Waals surface area (Å²) < 4.78 is 12.7. The molecule has 0 spiro atoms. The molecule has 0 saturated heterocycles. The van der Waals surface area contributed by atoms with Gasteiger partial charge < -0.3 is 29.7 Å². The van der Waals surface area contributed by atoms with E-state index >= 15 is 0 Å². The van der Waals surface area contributed by atoms with E-state index in [-0.39, 0.29) is 30.4 Å². The molecule has 1 aliphatic rings. The lowest BCUT2D eigenvalue weighted by molar-refractivity contribution is -0.143. The molecule has 10 nitrogen and oxygen atoms in total. The fourth-order valence-electron chi connectivity index (χ4n) is 7.05. The predicted octanol–water partition coefficient (Wildman–Crippen LogP) is 5.69. The molecular formula is C40H46ClN5O5SSi. The molecule has 3 heterocycles. The lowest BCUT2D eigenvalue weighted by Gasteiger charge is -2.44. The molecule has 1 aliphatic heterocycles. The van der Waals surface area contributed by atoms with Crippen molar-refractivity contribution in [1.82, 2.24) is 25.5 Å². The third kappa shape index (κ3) is 8.58. The molecular weight excluding hydrogens is 726 g/mol. The molecule has 0 aliphatic carbocycles. The number of amides is 2. The van der Waals surface area contributed by atoms with Crippen molar-refractivity contribution in [3.05, 3.63) is 111 Å². The van der Waals surface area contributed by atoms with E-state index in [1.54, 1.807) is 31.2 Å². The fourth-order valence-corrected chi connectivity index (χ4v) is 12.9. The molecule has 0 radical (unpaired) electrons. The van der Waals surface area contributed by atoms with Crippen molar-refractivity contribution in [3.63, 3.8) is 0 Å². The maximum atomic E-state index is 14.2. The second kappa shape index (κ2) is 16.4. The zero-order valence-corrected chi connectivity index (χ0v) is 33.3. The highest BCUT2D eigenvalue weighted by Gasteiger charge is 2.51. The quantitative estimate of drug-likeness (QED) is 0.104. The molecule has 2 aromatic heterocycles. The number of hydrogen-bond donors (Lipinski definition) is 3. The van der Waals surface area contributed by atoms with Gasteiger partial charge in [0.15, 0.2) is 5.01 Å². The number of fused-ring (bicyclic) bond motifs is 2. The van der Waals surface area contributed by atoms with Crippen molar-refractivity contribution in [3.8, 4) is 0 Å². The summed E-state index contributed by atoms with van der Waals surface area (Å²) in [5, 5.41) is 9.61. The maximum absolute atomic E-state index is 14.2. The second-order valence-corrected chi connectivity index (χ2v) is 20.3. The first-order valence-corrected chi connectivity index (χ1v) is 21.0. The molecule has 3 aromatic carbocycles. The molecule has 0 bridgehead atoms. The topological polar surface area (TPSA) is 126 Å². The Morgan fingerprint density at radius 1 is 0.962 bits per heavy atom. The van der Waals surface area contributed by atoms with Crippen LogP contribution in [0.25, 0.3) is 10.9 Å². The lowest BCUT2D eigenvalue weighted by atomic mass is 10.0. The van der Waals surface area contributed by atoms with Crippen LogP contribution in [-0.4, -0.2) is 79.9 Å². The summed E-state index contributed by atoms with van der Waals surface area (Å²) >= 11 is 7.60. The minimum atomic E-state index is -3.11. The van der Waals surface area contributed by atoms with Gasteiger partial charge in [-0.2, -0.15) is 0 Å². The zero-order chi connectivity index (χ0) is 37.8. The van der Waals surface area contributed by atoms with E-state index in [1.807, 2.05) is 43.4 Å². The SMILES string of the molecule is CCOC(=O)CC(NC(=O)c1cc2cc(Cl)ccc2[nH]1)C(CO[Si](c1ccccc1)(c1ccccc1)C(C)(C)C)NC(=O)c1nc2c(s1)CN(C)CC2. The van der Waals surface area contributed by atoms with Gasteiger partial charge in [-0.15, -0.1) is 11.3 Å². The largest absolute Gasteiger partial charge is 0.466 e. The van der Waals surface area contributed by atoms with Crippen molar-refractivity contribution < 1.29 is 23.5 Å². The zero-order valence-electron chi connectivity index (χ0n) is 30.7. The average Bonchev–Trinajstić information content (AvgIpc) is 3.75. The molecule has 0 fully saturated rings. The number of carbonyl (C=O) groups excluding carboxylic acids is 3. The number of likely N-dealkylation sites (N-methyl/N-ethyl adjacent to an activating group) is 1. The summed E-state index contributed by atoms with van der Waals surface area (Å²) in [6.07, 6.45) is 0.549. The Labute approximate surface area is 320 Å². The molecule has 53 heavy (non-hydrogen) atoms. The van der Waals surface area contributed by atoms with Gasteiger partial charge in [-0.3, -0.25) is 14.4 Å². The number of nitrogens with zero attached hydrogens (tertiary/aromatic N) is 2. The first-order valence-electron chi connectivity index (χ1n) is 17.9. The number of thiazole rings is 1. The molecule has 5 aromatic rings. The summed E-state index contributed by atoms with van der Waals surface area (Å²) in [5.74, 6) is -1.37. The number of benzene rings is 3. The third-order valence-electron chi connectivity index (χ3n) is 9.65. The number of nitrogens with one attached hydrogen (secondary N) is 3. The van der Waals surface area contributed by atoms with Crippen LogP contribution in [0.2, 0.25) is 10.1 Å². The summed E-state index contributed by atoms with van der Waals surface area (Å²) in [7, 11) is -1.06. The minimum absolute atomic E-state index is 0.0144. The normalized spacial score (nSPS) is 14.7. The molecule has 13 heteroatoms. The number of hydrogen-bond acceptors (Lipinski definition) is 8. The number of rotatable bonds is 13. The monoisotopic (exact) mass is 771 g/mol. The van der Waals surface area contributed by atoms with Crippen molar-refractivity contribution in [2.45, 2.75) is 64.2 Å². The van der Waals surface area contributed by atoms with Gasteiger partial charge in [-0.25, -0.2) is 4.98 Å². The Bertz CT molecular complexity index is 2030. The Hall–Kier alpha value is -4.33. The smallest absolute Gasteiger partial charge is 0.307 e. The highest BCUT2D eigenvalue weighted by Crippen LogP contribution is 2.37. The van der Waals surface area contributed by atoms with E-state index in [2.05, 4.69) is 65.6 Å². The summed E-state index contributed by atoms with van der Waals surface area (Å²) in [4.78, 5) is 52.5. The van der Waals surface area contributed by atoms with Crippen LogP contribution in [0.5, 0.6) is 0 Å². The van der Waals surface area contributed by atoms with Crippen LogP contribution in [0.3, 0.4) is 0 Å². The maximum Gasteiger partial charge on any atom is 0.307 e. The Morgan fingerprint density at radius 2 is 1.62 bits per heavy atom. The number of carbonyl (C=O) groups is 3. The molecule has 2 atom stereocenters. The summed E-state index contributed by atoms with van der Waals surface area (Å²) in [5.41, 5.74) is 1.94. The van der Waals surface area contributed by atoms with Crippen LogP contribution in [0.1, 0.15) is 65.0 Å². The van der Waals surface area contributed by atoms with E-state index in [1.165, 1.54) is 11.3 Å². The minimum Gasteiger partial charge on any atom is -0.466 e. The van der Waals surface area contributed by atoms with Crippen LogP contribution in [-0.2, 0) is 26.9 Å². The van der Waals surface area contributed by atoms with Crippen LogP contribution >= 0.6 is 22.9 Å². The number of aromatic amines is 1. The third-order valence-corrected chi connectivity index (χ3v) is 16.0. The summed E-state index contributed by atoms with van der Waals surface area (Å²) in [6.45, 7) is 9.97. The Kier molecular flexibility index (Phi) is 11.8. The Balaban J connectivity index is 1.40. The van der Waals surface area contributed by atoms with E-state index < -0.39 is 38.2 Å². The molecule has 2 unspecified atom stereocenters. The van der Waals surface area contributed by atoms with Gasteiger partial charge in [-0.1, -0.05) is 93.0 Å². The molecule has 2 amide bonds. The first-order chi connectivity index (χ1) is 25.4. The molecule has 278 valence electrons. The predicted molar refractivity (Wildman–Crippen MR) is 213 cm³/mol. The van der Waals surface area contributed by atoms with Gasteiger partial charge in [0, 0.05) is 40.3 Å². The Morgan fingerprint density at radius 3 is 2.26 bits per heavy atom. The molecule has 6 rings (SSSR count). The number of halogens is 1. The standard InChI is InChI=1S/C40H46ClN5O5SSi/c1-6-50-36(47)23-32(43-37(48)33-22-26-21-27(41)17-18-30(26)42-33)34(44-38(49)39-45-31-19-20-46(5)24-35(31)52-39)25-51-53(40(2,3)4,28-13-9-7-10-14-28)29-15-11-8-12-16-29/h7-18,21-22,32,34,42H,6,19-20,23-25H2,1-5H3,(H,43,48)(H,44,49). The lowest BCUT2D eigenvalue weighted by Crippen LogP contribution is -2.68. The van der Waals surface area contributed by atoms with Crippen LogP contribution in [0.15, 0.2) is 84.9 Å². The van der Waals surface area contributed by atoms with E-state index in [0.717, 1.165) is 51.4 Å². The number of aromatic nitrogens is 2. The van der Waals surface area contributed by atoms with Gasteiger partial charge >= 0.3 is 5.97 Å². The van der Waals surface area contributed by atoms with Crippen LogP contribution in [0.4, 0.5) is 0 Å². The second-order valence-electron chi connectivity index (χ2n) is 14.4. The average molecular weight is 772 g/mol. The number of ether oxygens (including phenoxy) is 1. The van der Waals surface area contributed by atoms with Crippen molar-refractivity contribution in [2.24, 2.45) is 0 Å². The van der Waals surface area contributed by atoms with Crippen molar-refractivity contribution >= 4 is 70.3 Å². The fraction of sp³-hybridized carbons (Fsp3) is 0.350. The number of H-pyrrole nitrogens is 1. The van der Waals surface area contributed by atoms with Crippen LogP contribution in [0, 0.1) is 0 Å². The number of esters is 1. The van der Waals surface area contributed by atoms with E-state index in [4.69, 9.17) is 25.7 Å². The van der Waals surface area contributed by atoms with Gasteiger partial charge in [0.25, 0.3) is 20.1 Å². The first kappa shape index (κ1) is 38.4. The van der Waals surface area contributed by atoms with Gasteiger partial charge in [0.1, 0.15) is 5.69 Å². The van der Waals surface area contributed by atoms with Gasteiger partial charge in [0.2, 0.25) is 0 Å². The van der Waals surface area contributed by atoms with Crippen molar-refractivity contribution in [2.75, 3.05) is 26.8 Å². The summed E-state index contributed by atoms with van der Waals surface area (Å²) in [6, 6.07) is 25.6.